The number of hydrogen-bond donors (Lipinski definition) is 1. The summed E-state index contributed by atoms with van der Waals surface area (Å²) in [6, 6.07) is 11.9. The minimum absolute atomic E-state index is 0.130. The van der Waals surface area contributed by atoms with E-state index < -0.39 is 5.97 Å². The molecule has 0 aromatic heterocycles. The maximum atomic E-state index is 11.8. The third-order valence-electron chi connectivity index (χ3n) is 2.83. The van der Waals surface area contributed by atoms with Crippen molar-refractivity contribution in [1.82, 2.24) is 0 Å². The van der Waals surface area contributed by atoms with E-state index in [2.05, 4.69) is 0 Å². The van der Waals surface area contributed by atoms with Crippen LogP contribution in [0.25, 0.3) is 0 Å². The van der Waals surface area contributed by atoms with Gasteiger partial charge in [-0.25, -0.2) is 4.79 Å². The molecule has 0 fully saturated rings. The van der Waals surface area contributed by atoms with Gasteiger partial charge in [-0.05, 0) is 43.2 Å². The molecular formula is C15H14O3. The fourth-order valence-corrected chi connectivity index (χ4v) is 1.61. The Morgan fingerprint density at radius 3 is 2.39 bits per heavy atom. The van der Waals surface area contributed by atoms with Gasteiger partial charge in [0.2, 0.25) is 0 Å². The van der Waals surface area contributed by atoms with Crippen LogP contribution in [0.1, 0.15) is 21.5 Å². The predicted molar refractivity (Wildman–Crippen MR) is 69.0 cm³/mol. The monoisotopic (exact) mass is 242 g/mol. The highest BCUT2D eigenvalue weighted by molar-refractivity contribution is 5.91. The fraction of sp³-hybridized carbons (Fsp3) is 0.133. The number of carbonyl (C=O) groups is 1. The summed E-state index contributed by atoms with van der Waals surface area (Å²) in [4.78, 5) is 11.8. The Morgan fingerprint density at radius 1 is 1.11 bits per heavy atom. The molecule has 3 nitrogen and oxygen atoms in total. The van der Waals surface area contributed by atoms with Crippen LogP contribution in [0.2, 0.25) is 0 Å². The van der Waals surface area contributed by atoms with Gasteiger partial charge in [0.05, 0.1) is 5.56 Å². The quantitative estimate of drug-likeness (QED) is 0.649. The van der Waals surface area contributed by atoms with E-state index in [-0.39, 0.29) is 5.75 Å². The molecule has 2 aromatic rings. The smallest absolute Gasteiger partial charge is 0.343 e. The van der Waals surface area contributed by atoms with E-state index in [1.165, 1.54) is 6.07 Å². The number of benzene rings is 2. The van der Waals surface area contributed by atoms with E-state index in [0.717, 1.165) is 11.1 Å². The first-order valence-corrected chi connectivity index (χ1v) is 5.65. The minimum Gasteiger partial charge on any atom is -0.508 e. The Kier molecular flexibility index (Phi) is 3.33. The van der Waals surface area contributed by atoms with Gasteiger partial charge in [0.15, 0.2) is 0 Å². The van der Waals surface area contributed by atoms with Gasteiger partial charge in [-0.3, -0.25) is 0 Å². The van der Waals surface area contributed by atoms with Gasteiger partial charge >= 0.3 is 5.97 Å². The van der Waals surface area contributed by atoms with Gasteiger partial charge in [-0.1, -0.05) is 18.2 Å². The summed E-state index contributed by atoms with van der Waals surface area (Å²) in [6.45, 7) is 3.67. The standard InChI is InChI=1S/C15H14O3/c1-10-8-13(9-14(16)11(10)2)18-15(17)12-6-4-3-5-7-12/h3-9,16H,1-2H3. The number of esters is 1. The average molecular weight is 242 g/mol. The zero-order valence-electron chi connectivity index (χ0n) is 10.3. The van der Waals surface area contributed by atoms with Crippen molar-refractivity contribution in [2.75, 3.05) is 0 Å². The van der Waals surface area contributed by atoms with Gasteiger partial charge in [0.25, 0.3) is 0 Å². The molecule has 0 aliphatic carbocycles. The normalized spacial score (nSPS) is 10.1. The van der Waals surface area contributed by atoms with Crippen LogP contribution in [0, 0.1) is 13.8 Å². The molecule has 0 saturated carbocycles. The molecular weight excluding hydrogens is 228 g/mol. The lowest BCUT2D eigenvalue weighted by Crippen LogP contribution is -2.08. The van der Waals surface area contributed by atoms with Gasteiger partial charge < -0.3 is 9.84 Å². The molecule has 0 saturated heterocycles. The van der Waals surface area contributed by atoms with Crippen molar-refractivity contribution in [3.63, 3.8) is 0 Å². The summed E-state index contributed by atoms with van der Waals surface area (Å²) in [5, 5.41) is 9.67. The van der Waals surface area contributed by atoms with Crippen molar-refractivity contribution in [2.24, 2.45) is 0 Å². The number of ether oxygens (including phenoxy) is 1. The lowest BCUT2D eigenvalue weighted by atomic mass is 10.1. The molecule has 2 aromatic carbocycles. The molecule has 0 aliphatic heterocycles. The number of phenols is 1. The predicted octanol–water partition coefficient (Wildman–Crippen LogP) is 3.23. The van der Waals surface area contributed by atoms with E-state index in [1.54, 1.807) is 30.3 Å². The molecule has 1 N–H and O–H groups in total. The average Bonchev–Trinajstić information content (AvgIpc) is 2.37. The first kappa shape index (κ1) is 12.2. The van der Waals surface area contributed by atoms with Crippen LogP contribution in [-0.4, -0.2) is 11.1 Å². The van der Waals surface area contributed by atoms with Crippen LogP contribution in [0.5, 0.6) is 11.5 Å². The minimum atomic E-state index is -0.432. The van der Waals surface area contributed by atoms with E-state index in [1.807, 2.05) is 19.9 Å². The van der Waals surface area contributed by atoms with Crippen molar-refractivity contribution >= 4 is 5.97 Å². The van der Waals surface area contributed by atoms with Crippen molar-refractivity contribution in [3.8, 4) is 11.5 Å². The molecule has 0 unspecified atom stereocenters. The summed E-state index contributed by atoms with van der Waals surface area (Å²) in [7, 11) is 0. The second kappa shape index (κ2) is 4.92. The third-order valence-corrected chi connectivity index (χ3v) is 2.83. The first-order chi connectivity index (χ1) is 8.58. The molecule has 0 bridgehead atoms. The fourth-order valence-electron chi connectivity index (χ4n) is 1.61. The third kappa shape index (κ3) is 2.51. The van der Waals surface area contributed by atoms with Gasteiger partial charge in [-0.15, -0.1) is 0 Å². The number of aromatic hydroxyl groups is 1. The maximum Gasteiger partial charge on any atom is 0.343 e. The molecule has 0 heterocycles. The first-order valence-electron chi connectivity index (χ1n) is 5.65. The van der Waals surface area contributed by atoms with Crippen LogP contribution < -0.4 is 4.74 Å². The van der Waals surface area contributed by atoms with E-state index in [0.29, 0.717) is 11.3 Å². The van der Waals surface area contributed by atoms with Crippen LogP contribution in [0.15, 0.2) is 42.5 Å². The molecule has 0 atom stereocenters. The van der Waals surface area contributed by atoms with Crippen molar-refractivity contribution in [1.29, 1.82) is 0 Å². The maximum absolute atomic E-state index is 11.8. The number of rotatable bonds is 2. The van der Waals surface area contributed by atoms with Gasteiger partial charge in [-0.2, -0.15) is 0 Å². The molecule has 3 heteroatoms. The zero-order valence-corrected chi connectivity index (χ0v) is 10.3. The molecule has 0 spiro atoms. The topological polar surface area (TPSA) is 46.5 Å². The Labute approximate surface area is 106 Å². The number of phenolic OH excluding ortho intramolecular Hbond substituents is 1. The highest BCUT2D eigenvalue weighted by Gasteiger charge is 2.10. The Bertz CT molecular complexity index is 551. The number of aryl methyl sites for hydroxylation is 1. The zero-order chi connectivity index (χ0) is 13.1. The van der Waals surface area contributed by atoms with Crippen molar-refractivity contribution in [3.05, 3.63) is 59.2 Å². The molecule has 92 valence electrons. The Hall–Kier alpha value is -2.29. The van der Waals surface area contributed by atoms with Crippen LogP contribution in [0.3, 0.4) is 0 Å². The number of hydrogen-bond acceptors (Lipinski definition) is 3. The highest BCUT2D eigenvalue weighted by Crippen LogP contribution is 2.27. The lowest BCUT2D eigenvalue weighted by molar-refractivity contribution is 0.0734. The molecule has 0 radical (unpaired) electrons. The number of carbonyl (C=O) groups excluding carboxylic acids is 1. The molecule has 0 amide bonds. The summed E-state index contributed by atoms with van der Waals surface area (Å²) >= 11 is 0. The largest absolute Gasteiger partial charge is 0.508 e. The Morgan fingerprint density at radius 2 is 1.78 bits per heavy atom. The summed E-state index contributed by atoms with van der Waals surface area (Å²) in [5.41, 5.74) is 2.15. The van der Waals surface area contributed by atoms with E-state index in [4.69, 9.17) is 4.74 Å². The SMILES string of the molecule is Cc1cc(OC(=O)c2ccccc2)cc(O)c1C. The molecule has 2 rings (SSSR count). The van der Waals surface area contributed by atoms with Gasteiger partial charge in [0.1, 0.15) is 11.5 Å². The molecule has 0 aliphatic rings. The van der Waals surface area contributed by atoms with E-state index >= 15 is 0 Å². The lowest BCUT2D eigenvalue weighted by Gasteiger charge is -2.08. The van der Waals surface area contributed by atoms with Crippen molar-refractivity contribution < 1.29 is 14.6 Å². The second-order valence-corrected chi connectivity index (χ2v) is 4.14. The second-order valence-electron chi connectivity index (χ2n) is 4.14. The summed E-state index contributed by atoms with van der Waals surface area (Å²) in [6.07, 6.45) is 0. The Balaban J connectivity index is 2.23. The van der Waals surface area contributed by atoms with E-state index in [9.17, 15) is 9.90 Å². The van der Waals surface area contributed by atoms with Crippen LogP contribution in [0.4, 0.5) is 0 Å². The molecule has 18 heavy (non-hydrogen) atoms. The summed E-state index contributed by atoms with van der Waals surface area (Å²) in [5.74, 6) is 0.0496. The van der Waals surface area contributed by atoms with Gasteiger partial charge in [0, 0.05) is 6.07 Å². The summed E-state index contributed by atoms with van der Waals surface area (Å²) < 4.78 is 5.22. The van der Waals surface area contributed by atoms with Crippen LogP contribution in [-0.2, 0) is 0 Å². The van der Waals surface area contributed by atoms with Crippen molar-refractivity contribution in [2.45, 2.75) is 13.8 Å². The van der Waals surface area contributed by atoms with Crippen LogP contribution >= 0.6 is 0 Å². The highest BCUT2D eigenvalue weighted by atomic mass is 16.5.